The van der Waals surface area contributed by atoms with E-state index in [2.05, 4.69) is 5.32 Å². The summed E-state index contributed by atoms with van der Waals surface area (Å²) in [5.74, 6) is 0.833. The van der Waals surface area contributed by atoms with Gasteiger partial charge in [0, 0.05) is 6.04 Å². The summed E-state index contributed by atoms with van der Waals surface area (Å²) >= 11 is 0. The maximum absolute atomic E-state index is 11.7. The molecule has 0 aromatic heterocycles. The fraction of sp³-hybridized carbons (Fsp3) is 0.500. The van der Waals surface area contributed by atoms with E-state index in [0.29, 0.717) is 25.9 Å². The number of aliphatic hydroxyl groups excluding tert-OH is 1. The number of amides is 1. The van der Waals surface area contributed by atoms with Crippen molar-refractivity contribution in [2.75, 3.05) is 6.61 Å². The van der Waals surface area contributed by atoms with Crippen molar-refractivity contribution >= 4 is 5.91 Å². The molecular formula is C14H19NO3. The molecule has 1 aliphatic rings. The molecule has 0 unspecified atom stereocenters. The molecule has 18 heavy (non-hydrogen) atoms. The number of aliphatic hydroxyl groups is 1. The summed E-state index contributed by atoms with van der Waals surface area (Å²) in [7, 11) is 0. The molecule has 0 radical (unpaired) electrons. The molecule has 0 saturated heterocycles. The summed E-state index contributed by atoms with van der Waals surface area (Å²) < 4.78 is 5.34. The second kappa shape index (κ2) is 5.87. The molecule has 4 nitrogen and oxygen atoms in total. The smallest absolute Gasteiger partial charge is 0.224 e. The molecule has 1 fully saturated rings. The molecule has 1 aromatic carbocycles. The van der Waals surface area contributed by atoms with Gasteiger partial charge in [-0.1, -0.05) is 12.1 Å². The predicted octanol–water partition coefficient (Wildman–Crippen LogP) is 1.27. The van der Waals surface area contributed by atoms with E-state index in [0.717, 1.165) is 11.3 Å². The molecule has 1 aromatic rings. The zero-order valence-electron chi connectivity index (χ0n) is 10.6. The van der Waals surface area contributed by atoms with Gasteiger partial charge in [-0.25, -0.2) is 0 Å². The Bertz CT molecular complexity index is 396. The molecule has 98 valence electrons. The van der Waals surface area contributed by atoms with E-state index in [1.165, 1.54) is 0 Å². The number of carbonyl (C=O) groups excluding carboxylic acids is 1. The number of ether oxygens (including phenoxy) is 1. The lowest BCUT2D eigenvalue weighted by atomic mass is 9.89. The van der Waals surface area contributed by atoms with Gasteiger partial charge in [0.15, 0.2) is 0 Å². The minimum Gasteiger partial charge on any atom is -0.494 e. The standard InChI is InChI=1S/C14H19NO3/c1-2-18-13-5-3-10(4-6-13)7-14(17)15-11-8-12(16)9-11/h3-6,11-12,16H,2,7-9H2,1H3,(H,15,17). The highest BCUT2D eigenvalue weighted by atomic mass is 16.5. The first-order valence-electron chi connectivity index (χ1n) is 6.36. The van der Waals surface area contributed by atoms with Gasteiger partial charge in [0.1, 0.15) is 5.75 Å². The predicted molar refractivity (Wildman–Crippen MR) is 68.5 cm³/mol. The molecule has 4 heteroatoms. The van der Waals surface area contributed by atoms with Crippen LogP contribution < -0.4 is 10.1 Å². The largest absolute Gasteiger partial charge is 0.494 e. The van der Waals surface area contributed by atoms with Gasteiger partial charge in [-0.2, -0.15) is 0 Å². The Kier molecular flexibility index (Phi) is 4.20. The maximum Gasteiger partial charge on any atom is 0.224 e. The van der Waals surface area contributed by atoms with Gasteiger partial charge in [-0.15, -0.1) is 0 Å². The van der Waals surface area contributed by atoms with E-state index >= 15 is 0 Å². The number of benzene rings is 1. The highest BCUT2D eigenvalue weighted by Gasteiger charge is 2.28. The van der Waals surface area contributed by atoms with Gasteiger partial charge in [0.25, 0.3) is 0 Å². The lowest BCUT2D eigenvalue weighted by Crippen LogP contribution is -2.47. The zero-order chi connectivity index (χ0) is 13.0. The second-order valence-corrected chi connectivity index (χ2v) is 4.64. The molecule has 0 aliphatic heterocycles. The quantitative estimate of drug-likeness (QED) is 0.826. The van der Waals surface area contributed by atoms with Crippen LogP contribution in [-0.4, -0.2) is 29.8 Å². The van der Waals surface area contributed by atoms with Crippen LogP contribution in [-0.2, 0) is 11.2 Å². The first-order valence-corrected chi connectivity index (χ1v) is 6.36. The third kappa shape index (κ3) is 3.47. The topological polar surface area (TPSA) is 58.6 Å². The van der Waals surface area contributed by atoms with Crippen LogP contribution in [0.1, 0.15) is 25.3 Å². The van der Waals surface area contributed by atoms with E-state index in [4.69, 9.17) is 9.84 Å². The number of hydrogen-bond acceptors (Lipinski definition) is 3. The van der Waals surface area contributed by atoms with Crippen LogP contribution in [0.5, 0.6) is 5.75 Å². The third-order valence-electron chi connectivity index (χ3n) is 3.08. The van der Waals surface area contributed by atoms with Crippen LogP contribution in [0.2, 0.25) is 0 Å². The number of carbonyl (C=O) groups is 1. The van der Waals surface area contributed by atoms with Gasteiger partial charge < -0.3 is 15.2 Å². The summed E-state index contributed by atoms with van der Waals surface area (Å²) in [6.07, 6.45) is 1.49. The molecule has 2 rings (SSSR count). The van der Waals surface area contributed by atoms with Gasteiger partial charge in [0.05, 0.1) is 19.1 Å². The normalized spacial score (nSPS) is 22.1. The molecule has 1 saturated carbocycles. The average molecular weight is 249 g/mol. The van der Waals surface area contributed by atoms with Gasteiger partial charge in [0.2, 0.25) is 5.91 Å². The van der Waals surface area contributed by atoms with E-state index in [-0.39, 0.29) is 18.1 Å². The highest BCUT2D eigenvalue weighted by Crippen LogP contribution is 2.19. The van der Waals surface area contributed by atoms with Gasteiger partial charge in [-0.3, -0.25) is 4.79 Å². The Labute approximate surface area is 107 Å². The summed E-state index contributed by atoms with van der Waals surface area (Å²) in [4.78, 5) is 11.7. The highest BCUT2D eigenvalue weighted by molar-refractivity contribution is 5.79. The minimum absolute atomic E-state index is 0.0102. The third-order valence-corrected chi connectivity index (χ3v) is 3.08. The van der Waals surface area contributed by atoms with Crippen molar-refractivity contribution in [2.24, 2.45) is 0 Å². The van der Waals surface area contributed by atoms with Gasteiger partial charge >= 0.3 is 0 Å². The number of rotatable bonds is 5. The fourth-order valence-electron chi connectivity index (χ4n) is 2.04. The van der Waals surface area contributed by atoms with E-state index in [1.54, 1.807) is 0 Å². The van der Waals surface area contributed by atoms with Crippen molar-refractivity contribution in [3.63, 3.8) is 0 Å². The van der Waals surface area contributed by atoms with Gasteiger partial charge in [-0.05, 0) is 37.5 Å². The van der Waals surface area contributed by atoms with Crippen LogP contribution >= 0.6 is 0 Å². The lowest BCUT2D eigenvalue weighted by molar-refractivity contribution is -0.122. The van der Waals surface area contributed by atoms with Crippen molar-refractivity contribution in [3.8, 4) is 5.75 Å². The Morgan fingerprint density at radius 2 is 2.06 bits per heavy atom. The SMILES string of the molecule is CCOc1ccc(CC(=O)NC2CC(O)C2)cc1. The second-order valence-electron chi connectivity index (χ2n) is 4.64. The van der Waals surface area contributed by atoms with Crippen molar-refractivity contribution in [1.29, 1.82) is 0 Å². The Morgan fingerprint density at radius 1 is 1.39 bits per heavy atom. The minimum atomic E-state index is -0.235. The van der Waals surface area contributed by atoms with Crippen molar-refractivity contribution in [3.05, 3.63) is 29.8 Å². The number of nitrogens with one attached hydrogen (secondary N) is 1. The zero-order valence-corrected chi connectivity index (χ0v) is 10.6. The van der Waals surface area contributed by atoms with Crippen LogP contribution in [0.25, 0.3) is 0 Å². The number of hydrogen-bond donors (Lipinski definition) is 2. The summed E-state index contributed by atoms with van der Waals surface area (Å²) in [6, 6.07) is 7.70. The van der Waals surface area contributed by atoms with Crippen molar-refractivity contribution in [2.45, 2.75) is 38.3 Å². The molecule has 2 N–H and O–H groups in total. The summed E-state index contributed by atoms with van der Waals surface area (Å²) in [6.45, 7) is 2.58. The van der Waals surface area contributed by atoms with E-state index < -0.39 is 0 Å². The van der Waals surface area contributed by atoms with Crippen molar-refractivity contribution < 1.29 is 14.6 Å². The molecule has 0 spiro atoms. The van der Waals surface area contributed by atoms with E-state index in [1.807, 2.05) is 31.2 Å². The van der Waals surface area contributed by atoms with Crippen LogP contribution in [0.15, 0.2) is 24.3 Å². The summed E-state index contributed by atoms with van der Waals surface area (Å²) in [5.41, 5.74) is 0.968. The Balaban J connectivity index is 1.79. The Hall–Kier alpha value is -1.55. The summed E-state index contributed by atoms with van der Waals surface area (Å²) in [5, 5.41) is 12.0. The molecule has 0 bridgehead atoms. The monoisotopic (exact) mass is 249 g/mol. The van der Waals surface area contributed by atoms with E-state index in [9.17, 15) is 4.79 Å². The molecule has 0 heterocycles. The van der Waals surface area contributed by atoms with Crippen LogP contribution in [0.4, 0.5) is 0 Å². The van der Waals surface area contributed by atoms with Crippen LogP contribution in [0.3, 0.4) is 0 Å². The molecular weight excluding hydrogens is 230 g/mol. The van der Waals surface area contributed by atoms with Crippen molar-refractivity contribution in [1.82, 2.24) is 5.32 Å². The Morgan fingerprint density at radius 3 is 2.61 bits per heavy atom. The first kappa shape index (κ1) is 12.9. The fourth-order valence-corrected chi connectivity index (χ4v) is 2.04. The molecule has 0 atom stereocenters. The average Bonchev–Trinajstić information content (AvgIpc) is 2.30. The lowest BCUT2D eigenvalue weighted by Gasteiger charge is -2.31. The molecule has 1 amide bonds. The first-order chi connectivity index (χ1) is 8.67. The van der Waals surface area contributed by atoms with Crippen LogP contribution in [0, 0.1) is 0 Å². The maximum atomic E-state index is 11.7. The molecule has 1 aliphatic carbocycles.